The summed E-state index contributed by atoms with van der Waals surface area (Å²) in [5, 5.41) is 10.9. The van der Waals surface area contributed by atoms with Gasteiger partial charge in [-0.05, 0) is 41.9 Å². The van der Waals surface area contributed by atoms with Crippen LogP contribution in [0.1, 0.15) is 77.9 Å². The molecule has 0 unspecified atom stereocenters. The fourth-order valence-corrected chi connectivity index (χ4v) is 4.27. The van der Waals surface area contributed by atoms with Crippen molar-refractivity contribution in [2.24, 2.45) is 5.73 Å². The quantitative estimate of drug-likeness (QED) is 0.671. The number of benzene rings is 1. The maximum atomic E-state index is 13.1. The van der Waals surface area contributed by atoms with E-state index in [4.69, 9.17) is 14.8 Å². The zero-order valence-corrected chi connectivity index (χ0v) is 17.7. The van der Waals surface area contributed by atoms with Crippen molar-refractivity contribution in [1.29, 1.82) is 0 Å². The van der Waals surface area contributed by atoms with Crippen molar-refractivity contribution < 1.29 is 18.7 Å². The van der Waals surface area contributed by atoms with Gasteiger partial charge in [-0.25, -0.2) is 0 Å². The third kappa shape index (κ3) is 5.07. The van der Waals surface area contributed by atoms with Crippen molar-refractivity contribution in [2.45, 2.75) is 72.0 Å². The van der Waals surface area contributed by atoms with E-state index in [1.165, 1.54) is 0 Å². The molecule has 3 N–H and O–H groups in total. The van der Waals surface area contributed by atoms with Crippen LogP contribution < -0.4 is 5.73 Å². The molecule has 0 aliphatic carbocycles. The molecule has 1 atom stereocenters. The number of phenolic OH excluding ortho intramolecular Hbond substituents is 1. The fourth-order valence-electron chi connectivity index (χ4n) is 2.62. The Bertz CT molecular complexity index is 634. The lowest BCUT2D eigenvalue weighted by atomic mass is 9.79. The molecule has 1 rings (SSSR count). The first-order valence-electron chi connectivity index (χ1n) is 8.80. The highest BCUT2D eigenvalue weighted by molar-refractivity contribution is 7.54. The Morgan fingerprint density at radius 3 is 1.88 bits per heavy atom. The van der Waals surface area contributed by atoms with Crippen molar-refractivity contribution in [3.8, 4) is 5.75 Å². The molecular weight excluding hydrogens is 337 g/mol. The van der Waals surface area contributed by atoms with E-state index in [0.29, 0.717) is 5.56 Å². The van der Waals surface area contributed by atoms with Gasteiger partial charge in [-0.2, -0.15) is 0 Å². The molecule has 0 spiro atoms. The Hall–Kier alpha value is -0.870. The van der Waals surface area contributed by atoms with Gasteiger partial charge in [0.15, 0.2) is 0 Å². The van der Waals surface area contributed by atoms with Crippen molar-refractivity contribution in [3.05, 3.63) is 28.8 Å². The van der Waals surface area contributed by atoms with E-state index in [1.54, 1.807) is 13.8 Å². The summed E-state index contributed by atoms with van der Waals surface area (Å²) in [5.41, 5.74) is 8.05. The van der Waals surface area contributed by atoms with Crippen LogP contribution in [0, 0.1) is 0 Å². The maximum absolute atomic E-state index is 13.1. The van der Waals surface area contributed by atoms with Gasteiger partial charge < -0.3 is 19.9 Å². The zero-order valence-electron chi connectivity index (χ0n) is 16.8. The minimum Gasteiger partial charge on any atom is -0.507 e. The first-order chi connectivity index (χ1) is 11.3. The van der Waals surface area contributed by atoms with Gasteiger partial charge in [-0.3, -0.25) is 4.57 Å². The second-order valence-electron chi connectivity index (χ2n) is 8.28. The summed E-state index contributed by atoms with van der Waals surface area (Å²) in [7, 11) is -3.59. The summed E-state index contributed by atoms with van der Waals surface area (Å²) in [5.74, 6) is -0.983. The number of rotatable bonds is 6. The Kier molecular flexibility index (Phi) is 6.91. The largest absolute Gasteiger partial charge is 0.507 e. The van der Waals surface area contributed by atoms with Gasteiger partial charge >= 0.3 is 7.60 Å². The summed E-state index contributed by atoms with van der Waals surface area (Å²) in [4.78, 5) is 0. The van der Waals surface area contributed by atoms with E-state index in [1.807, 2.05) is 32.9 Å². The van der Waals surface area contributed by atoms with Crippen LogP contribution in [0.25, 0.3) is 0 Å². The van der Waals surface area contributed by atoms with E-state index in [0.717, 1.165) is 11.1 Å². The van der Waals surface area contributed by atoms with Crippen molar-refractivity contribution in [2.75, 3.05) is 13.2 Å². The van der Waals surface area contributed by atoms with Crippen LogP contribution in [0.3, 0.4) is 0 Å². The predicted octanol–water partition coefficient (Wildman–Crippen LogP) is 5.21. The Labute approximate surface area is 152 Å². The number of hydrogen-bond acceptors (Lipinski definition) is 5. The smallest absolute Gasteiger partial charge is 0.351 e. The van der Waals surface area contributed by atoms with Gasteiger partial charge in [-0.15, -0.1) is 0 Å². The zero-order chi connectivity index (χ0) is 19.6. The molecule has 0 aliphatic heterocycles. The number of nitrogens with two attached hydrogens (primary N) is 1. The molecule has 0 saturated carbocycles. The highest BCUT2D eigenvalue weighted by Crippen LogP contribution is 2.60. The van der Waals surface area contributed by atoms with Crippen molar-refractivity contribution in [3.63, 3.8) is 0 Å². The highest BCUT2D eigenvalue weighted by atomic mass is 31.2. The van der Waals surface area contributed by atoms with Crippen LogP contribution >= 0.6 is 7.60 Å². The van der Waals surface area contributed by atoms with E-state index >= 15 is 0 Å². The van der Waals surface area contributed by atoms with Gasteiger partial charge in [-0.1, -0.05) is 47.6 Å². The number of phenols is 1. The van der Waals surface area contributed by atoms with Gasteiger partial charge in [0.25, 0.3) is 0 Å². The molecular formula is C19H34NO4P. The average Bonchev–Trinajstić information content (AvgIpc) is 2.44. The lowest BCUT2D eigenvalue weighted by Gasteiger charge is -2.30. The summed E-state index contributed by atoms with van der Waals surface area (Å²) in [6.07, 6.45) is 0. The Balaban J connectivity index is 3.65. The van der Waals surface area contributed by atoms with Crippen LogP contribution in [0.2, 0.25) is 0 Å². The third-order valence-electron chi connectivity index (χ3n) is 4.09. The van der Waals surface area contributed by atoms with Crippen LogP contribution in [0.15, 0.2) is 12.1 Å². The van der Waals surface area contributed by atoms with Gasteiger partial charge in [0.1, 0.15) is 11.5 Å². The molecule has 0 heterocycles. The standard InChI is InChI=1S/C19H34NO4P/c1-9-23-25(22,24-10-2)17(20)14-11-13(18(3,4)5)12-15(16(14)21)19(6,7)8/h11-12,17,21H,9-10,20H2,1-8H3/t17-/m1/s1. The van der Waals surface area contributed by atoms with Gasteiger partial charge in [0.2, 0.25) is 0 Å². The fraction of sp³-hybridized carbons (Fsp3) is 0.684. The minimum absolute atomic E-state index is 0.0626. The SMILES string of the molecule is CCOP(=O)(OCC)[C@@H](N)c1cc(C(C)(C)C)cc(C(C)(C)C)c1O. The molecule has 0 radical (unpaired) electrons. The monoisotopic (exact) mass is 371 g/mol. The molecule has 0 aromatic heterocycles. The van der Waals surface area contributed by atoms with E-state index in [2.05, 4.69) is 20.8 Å². The number of aromatic hydroxyl groups is 1. The summed E-state index contributed by atoms with van der Waals surface area (Å²) < 4.78 is 23.9. The lowest BCUT2D eigenvalue weighted by Crippen LogP contribution is -2.21. The van der Waals surface area contributed by atoms with Crippen molar-refractivity contribution in [1.82, 2.24) is 0 Å². The third-order valence-corrected chi connectivity index (χ3v) is 6.29. The molecule has 0 amide bonds. The van der Waals surface area contributed by atoms with Crippen molar-refractivity contribution >= 4 is 7.60 Å². The van der Waals surface area contributed by atoms with Gasteiger partial charge in [0.05, 0.1) is 13.2 Å². The number of hydrogen-bond donors (Lipinski definition) is 2. The first-order valence-corrected chi connectivity index (χ1v) is 10.4. The highest BCUT2D eigenvalue weighted by Gasteiger charge is 2.37. The van der Waals surface area contributed by atoms with Gasteiger partial charge in [0, 0.05) is 5.56 Å². The molecule has 25 heavy (non-hydrogen) atoms. The van der Waals surface area contributed by atoms with E-state index < -0.39 is 13.4 Å². The molecule has 1 aromatic carbocycles. The summed E-state index contributed by atoms with van der Waals surface area (Å²) in [6, 6.07) is 3.82. The van der Waals surface area contributed by atoms with Crippen LogP contribution in [0.5, 0.6) is 5.75 Å². The van der Waals surface area contributed by atoms with Crippen LogP contribution in [-0.2, 0) is 24.4 Å². The molecule has 0 bridgehead atoms. The Morgan fingerprint density at radius 1 is 1.04 bits per heavy atom. The summed E-state index contributed by atoms with van der Waals surface area (Å²) in [6.45, 7) is 16.3. The molecule has 144 valence electrons. The molecule has 0 aliphatic rings. The second kappa shape index (κ2) is 7.79. The molecule has 1 aromatic rings. The normalized spacial score (nSPS) is 14.6. The van der Waals surface area contributed by atoms with Crippen LogP contribution in [-0.4, -0.2) is 18.3 Å². The summed E-state index contributed by atoms with van der Waals surface area (Å²) >= 11 is 0. The molecule has 5 nitrogen and oxygen atoms in total. The lowest BCUT2D eigenvalue weighted by molar-refractivity contribution is 0.211. The molecule has 6 heteroatoms. The minimum atomic E-state index is -3.59. The van der Waals surface area contributed by atoms with Crippen LogP contribution in [0.4, 0.5) is 0 Å². The topological polar surface area (TPSA) is 81.8 Å². The maximum Gasteiger partial charge on any atom is 0.351 e. The molecule has 0 saturated heterocycles. The Morgan fingerprint density at radius 2 is 1.52 bits per heavy atom. The van der Waals surface area contributed by atoms with E-state index in [9.17, 15) is 9.67 Å². The predicted molar refractivity (Wildman–Crippen MR) is 103 cm³/mol. The second-order valence-corrected chi connectivity index (χ2v) is 10.4. The molecule has 0 fully saturated rings. The average molecular weight is 371 g/mol. The van der Waals surface area contributed by atoms with E-state index in [-0.39, 0.29) is 29.8 Å². The first kappa shape index (κ1) is 22.2.